The molecular formula is C45H45F3N3+. The smallest absolute Gasteiger partial charge is 0.347 e. The second-order valence-electron chi connectivity index (χ2n) is 15.0. The molecule has 3 nitrogen and oxygen atoms in total. The molecule has 0 N–H and O–H groups in total. The van der Waals surface area contributed by atoms with Crippen LogP contribution in [0.3, 0.4) is 0 Å². The van der Waals surface area contributed by atoms with Crippen molar-refractivity contribution in [1.82, 2.24) is 4.58 Å². The first-order chi connectivity index (χ1) is 24.2. The minimum atomic E-state index is -4.40. The van der Waals surface area contributed by atoms with Gasteiger partial charge in [-0.05, 0) is 67.3 Å². The summed E-state index contributed by atoms with van der Waals surface area (Å²) in [5.41, 5.74) is 11.8. The number of rotatable bonds is 4. The average molecular weight is 685 g/mol. The number of aryl methyl sites for hydroxylation is 1. The summed E-state index contributed by atoms with van der Waals surface area (Å²) in [5, 5.41) is 0. The number of nitrogens with zero attached hydrogens (tertiary/aromatic N) is 3. The minimum Gasteiger partial charge on any atom is -0.347 e. The Bertz CT molecular complexity index is 2120. The van der Waals surface area contributed by atoms with Crippen molar-refractivity contribution in [3.63, 3.8) is 0 Å². The van der Waals surface area contributed by atoms with Crippen LogP contribution in [0.1, 0.15) is 62.8 Å². The Hall–Kier alpha value is -5.10. The maximum absolute atomic E-state index is 13.7. The molecule has 7 rings (SSSR count). The summed E-state index contributed by atoms with van der Waals surface area (Å²) in [4.78, 5) is 4.35. The van der Waals surface area contributed by atoms with Crippen LogP contribution in [-0.2, 0) is 17.0 Å². The third-order valence-electron chi connectivity index (χ3n) is 11.0. The predicted molar refractivity (Wildman–Crippen MR) is 206 cm³/mol. The lowest BCUT2D eigenvalue weighted by molar-refractivity contribution is -0.137. The van der Waals surface area contributed by atoms with Gasteiger partial charge in [0.25, 0.3) is 0 Å². The molecule has 0 saturated heterocycles. The maximum Gasteiger partial charge on any atom is 0.416 e. The molecule has 260 valence electrons. The van der Waals surface area contributed by atoms with Gasteiger partial charge in [0.05, 0.1) is 5.56 Å². The van der Waals surface area contributed by atoms with E-state index in [1.807, 2.05) is 37.9 Å². The zero-order chi connectivity index (χ0) is 36.3. The van der Waals surface area contributed by atoms with Crippen molar-refractivity contribution >= 4 is 28.5 Å². The molecule has 0 atom stereocenters. The third kappa shape index (κ3) is 5.94. The van der Waals surface area contributed by atoms with Crippen LogP contribution in [0, 0.1) is 6.92 Å². The van der Waals surface area contributed by atoms with Crippen LogP contribution < -0.4 is 14.4 Å². The van der Waals surface area contributed by atoms with Gasteiger partial charge < -0.3 is 9.80 Å². The molecule has 0 radical (unpaired) electrons. The number of alkyl halides is 3. The van der Waals surface area contributed by atoms with Crippen molar-refractivity contribution in [2.45, 2.75) is 64.5 Å². The largest absolute Gasteiger partial charge is 0.416 e. The van der Waals surface area contributed by atoms with Gasteiger partial charge in [-0.1, -0.05) is 93.9 Å². The van der Waals surface area contributed by atoms with E-state index in [0.29, 0.717) is 5.56 Å². The van der Waals surface area contributed by atoms with Crippen LogP contribution in [0.25, 0.3) is 0 Å². The number of hydrogen-bond donors (Lipinski definition) is 0. The van der Waals surface area contributed by atoms with Gasteiger partial charge in [-0.15, -0.1) is 0 Å². The number of allylic oxidation sites excluding steroid dienone is 8. The molecule has 4 aromatic carbocycles. The molecule has 3 aliphatic rings. The lowest BCUT2D eigenvalue weighted by atomic mass is 9.83. The monoisotopic (exact) mass is 684 g/mol. The van der Waals surface area contributed by atoms with Crippen LogP contribution in [0.15, 0.2) is 144 Å². The van der Waals surface area contributed by atoms with Crippen molar-refractivity contribution in [2.75, 3.05) is 23.9 Å². The Morgan fingerprint density at radius 3 is 1.53 bits per heavy atom. The Morgan fingerprint density at radius 1 is 0.608 bits per heavy atom. The fraction of sp³-hybridized carbons (Fsp3) is 0.267. The minimum absolute atomic E-state index is 0.160. The summed E-state index contributed by atoms with van der Waals surface area (Å²) in [6, 6.07) is 31.7. The van der Waals surface area contributed by atoms with Crippen molar-refractivity contribution in [1.29, 1.82) is 0 Å². The molecule has 51 heavy (non-hydrogen) atoms. The number of benzene rings is 4. The average Bonchev–Trinajstić information content (AvgIpc) is 3.64. The van der Waals surface area contributed by atoms with Crippen molar-refractivity contribution < 1.29 is 13.2 Å². The Balaban J connectivity index is 1.39. The number of anilines is 2. The molecule has 6 heteroatoms. The van der Waals surface area contributed by atoms with Crippen molar-refractivity contribution in [2.24, 2.45) is 0 Å². The standard InChI is InChI=1S/C45H45F3N3/c1-30-18-24-38-36(28-30)43(2,3)40(49(38)6)26-21-31-19-20-32(42(31)51(34-14-10-8-11-15-34)35-16-12-9-13-17-35)22-27-41-44(4,5)37-29-33(45(46,47)48)23-25-39(37)50(41)7/h8-18,21-29H,19-20H2,1-7H3/q+1. The molecule has 0 bridgehead atoms. The molecular weight excluding hydrogens is 640 g/mol. The molecule has 2 heterocycles. The molecule has 4 aromatic rings. The van der Waals surface area contributed by atoms with E-state index >= 15 is 0 Å². The number of hydrogen-bond acceptors (Lipinski definition) is 2. The van der Waals surface area contributed by atoms with Gasteiger partial charge in [0.2, 0.25) is 17.1 Å². The topological polar surface area (TPSA) is 9.49 Å². The van der Waals surface area contributed by atoms with Crippen molar-refractivity contribution in [3.8, 4) is 0 Å². The van der Waals surface area contributed by atoms with E-state index in [9.17, 15) is 13.2 Å². The van der Waals surface area contributed by atoms with Crippen LogP contribution >= 0.6 is 0 Å². The second kappa shape index (κ2) is 12.6. The van der Waals surface area contributed by atoms with Crippen LogP contribution in [0.2, 0.25) is 0 Å². The zero-order valence-corrected chi connectivity index (χ0v) is 30.4. The summed E-state index contributed by atoms with van der Waals surface area (Å²) >= 11 is 0. The van der Waals surface area contributed by atoms with Gasteiger partial charge in [-0.3, -0.25) is 0 Å². The maximum atomic E-state index is 13.7. The summed E-state index contributed by atoms with van der Waals surface area (Å²) in [6.07, 6.45) is 6.19. The van der Waals surface area contributed by atoms with Gasteiger partial charge in [-0.25, -0.2) is 0 Å². The van der Waals surface area contributed by atoms with Gasteiger partial charge in [-0.2, -0.15) is 17.7 Å². The molecule has 1 saturated carbocycles. The van der Waals surface area contributed by atoms with Gasteiger partial charge >= 0.3 is 6.18 Å². The first-order valence-electron chi connectivity index (χ1n) is 17.6. The third-order valence-corrected chi connectivity index (χ3v) is 11.0. The quantitative estimate of drug-likeness (QED) is 0.198. The molecule has 1 aliphatic carbocycles. The van der Waals surface area contributed by atoms with E-state index < -0.39 is 17.2 Å². The first-order valence-corrected chi connectivity index (χ1v) is 17.6. The van der Waals surface area contributed by atoms with E-state index in [2.05, 4.69) is 128 Å². The van der Waals surface area contributed by atoms with E-state index in [1.54, 1.807) is 6.07 Å². The molecule has 1 fully saturated rings. The molecule has 2 aliphatic heterocycles. The molecule has 0 amide bonds. The summed E-state index contributed by atoms with van der Waals surface area (Å²) in [7, 11) is 4.10. The van der Waals surface area contributed by atoms with E-state index in [0.717, 1.165) is 41.3 Å². The normalized spacial score (nSPS) is 20.9. The van der Waals surface area contributed by atoms with E-state index in [1.165, 1.54) is 45.8 Å². The second-order valence-corrected chi connectivity index (χ2v) is 15.0. The summed E-state index contributed by atoms with van der Waals surface area (Å²) < 4.78 is 43.6. The fourth-order valence-corrected chi connectivity index (χ4v) is 8.21. The van der Waals surface area contributed by atoms with Crippen LogP contribution in [-0.4, -0.2) is 19.8 Å². The number of halogens is 3. The number of fused-ring (bicyclic) bond motifs is 2. The Labute approximate surface area is 300 Å². The lowest BCUT2D eigenvalue weighted by Crippen LogP contribution is -2.23. The molecule has 0 aromatic heterocycles. The van der Waals surface area contributed by atoms with E-state index in [4.69, 9.17) is 0 Å². The van der Waals surface area contributed by atoms with E-state index in [-0.39, 0.29) is 5.41 Å². The Kier molecular flexibility index (Phi) is 8.48. The zero-order valence-electron chi connectivity index (χ0n) is 30.4. The summed E-state index contributed by atoms with van der Waals surface area (Å²) in [6.45, 7) is 10.8. The fourth-order valence-electron chi connectivity index (χ4n) is 8.21. The highest BCUT2D eigenvalue weighted by Crippen LogP contribution is 2.50. The highest BCUT2D eigenvalue weighted by atomic mass is 19.4. The van der Waals surface area contributed by atoms with Gasteiger partial charge in [0.1, 0.15) is 0 Å². The molecule has 0 unspecified atom stereocenters. The predicted octanol–water partition coefficient (Wildman–Crippen LogP) is 11.6. The van der Waals surface area contributed by atoms with Crippen molar-refractivity contribution in [3.05, 3.63) is 166 Å². The van der Waals surface area contributed by atoms with Crippen LogP contribution in [0.5, 0.6) is 0 Å². The van der Waals surface area contributed by atoms with Crippen LogP contribution in [0.4, 0.5) is 35.9 Å². The number of para-hydroxylation sites is 2. The van der Waals surface area contributed by atoms with Gasteiger partial charge in [0, 0.05) is 83.1 Å². The number of likely N-dealkylation sites (N-methyl/N-ethyl adjacent to an activating group) is 2. The highest BCUT2D eigenvalue weighted by Gasteiger charge is 2.42. The SMILES string of the molecule is Cc1ccc2c(c1)C(C)(C)/C(=C\C=C1/CCC(=CC=C3N(C)c4ccc(C(F)(F)F)cc4C3(C)C)C1=[N+](c1ccccc1)c1ccccc1)N2C. The molecule has 0 spiro atoms. The summed E-state index contributed by atoms with van der Waals surface area (Å²) in [5.74, 6) is 0. The highest BCUT2D eigenvalue weighted by molar-refractivity contribution is 6.17. The Morgan fingerprint density at radius 2 is 1.06 bits per heavy atom. The van der Waals surface area contributed by atoms with Gasteiger partial charge in [0.15, 0.2) is 0 Å². The lowest BCUT2D eigenvalue weighted by Gasteiger charge is -2.24. The first kappa shape index (κ1) is 34.4.